The minimum atomic E-state index is -0.112. The van der Waals surface area contributed by atoms with E-state index in [0.717, 1.165) is 5.56 Å². The number of benzene rings is 1. The Bertz CT molecular complexity index is 752. The second kappa shape index (κ2) is 5.94. The summed E-state index contributed by atoms with van der Waals surface area (Å²) in [7, 11) is 0. The Morgan fingerprint density at radius 1 is 1.20 bits per heavy atom. The van der Waals surface area contributed by atoms with Gasteiger partial charge in [-0.3, -0.25) is 9.36 Å². The van der Waals surface area contributed by atoms with Crippen LogP contribution in [-0.4, -0.2) is 21.1 Å². The molecule has 0 saturated carbocycles. The quantitative estimate of drug-likeness (QED) is 0.674. The molecule has 0 aliphatic carbocycles. The Kier molecular flexibility index (Phi) is 3.85. The first kappa shape index (κ1) is 13.0. The summed E-state index contributed by atoms with van der Waals surface area (Å²) in [6, 6.07) is 9.94. The highest BCUT2D eigenvalue weighted by molar-refractivity contribution is 7.16. The minimum absolute atomic E-state index is 0.112. The first-order valence-corrected chi connectivity index (χ1v) is 7.13. The van der Waals surface area contributed by atoms with Gasteiger partial charge in [-0.05, 0) is 5.56 Å². The van der Waals surface area contributed by atoms with Crippen LogP contribution in [0.15, 0.2) is 47.0 Å². The van der Waals surface area contributed by atoms with Crippen molar-refractivity contribution in [1.82, 2.24) is 14.5 Å². The van der Waals surface area contributed by atoms with Crippen LogP contribution >= 0.6 is 11.3 Å². The Morgan fingerprint density at radius 3 is 2.90 bits per heavy atom. The smallest absolute Gasteiger partial charge is 0.280 e. The Labute approximate surface area is 119 Å². The number of nitrogens with zero attached hydrogens (tertiary/aromatic N) is 3. The van der Waals surface area contributed by atoms with Gasteiger partial charge in [0, 0.05) is 0 Å². The maximum Gasteiger partial charge on any atom is 0.280 e. The van der Waals surface area contributed by atoms with Crippen molar-refractivity contribution in [3.05, 3.63) is 58.1 Å². The summed E-state index contributed by atoms with van der Waals surface area (Å²) in [6.45, 7) is 1.49. The van der Waals surface area contributed by atoms with Gasteiger partial charge < -0.3 is 4.74 Å². The van der Waals surface area contributed by atoms with E-state index in [1.807, 2.05) is 30.3 Å². The normalized spacial score (nSPS) is 11.0. The van der Waals surface area contributed by atoms with E-state index < -0.39 is 0 Å². The molecule has 2 aromatic heterocycles. The predicted octanol–water partition coefficient (Wildman–Crippen LogP) is 2.07. The zero-order valence-electron chi connectivity index (χ0n) is 10.7. The summed E-state index contributed by atoms with van der Waals surface area (Å²) in [6.07, 6.45) is 1.55. The maximum atomic E-state index is 12.1. The van der Waals surface area contributed by atoms with Gasteiger partial charge in [-0.1, -0.05) is 30.3 Å². The summed E-state index contributed by atoms with van der Waals surface area (Å²) in [5, 5.41) is 0. The lowest BCUT2D eigenvalue weighted by molar-refractivity contribution is 0.112. The monoisotopic (exact) mass is 287 g/mol. The van der Waals surface area contributed by atoms with Crippen molar-refractivity contribution < 1.29 is 4.74 Å². The van der Waals surface area contributed by atoms with Crippen molar-refractivity contribution in [2.75, 3.05) is 6.61 Å². The fourth-order valence-corrected chi connectivity index (χ4v) is 2.49. The number of hydrogen-bond acceptors (Lipinski definition) is 5. The lowest BCUT2D eigenvalue weighted by atomic mass is 10.2. The van der Waals surface area contributed by atoms with E-state index in [1.165, 1.54) is 15.9 Å². The van der Waals surface area contributed by atoms with Crippen molar-refractivity contribution in [1.29, 1.82) is 0 Å². The van der Waals surface area contributed by atoms with Gasteiger partial charge in [0.15, 0.2) is 10.3 Å². The van der Waals surface area contributed by atoms with Crippen LogP contribution in [0.5, 0.6) is 0 Å². The topological polar surface area (TPSA) is 57.0 Å². The molecule has 0 N–H and O–H groups in total. The molecule has 0 bridgehead atoms. The fraction of sp³-hybridized carbons (Fsp3) is 0.214. The summed E-state index contributed by atoms with van der Waals surface area (Å²) < 4.78 is 7.10. The first-order valence-electron chi connectivity index (χ1n) is 6.25. The molecule has 0 atom stereocenters. The second-order valence-electron chi connectivity index (χ2n) is 4.29. The molecule has 3 aromatic rings. The molecule has 20 heavy (non-hydrogen) atoms. The molecule has 0 amide bonds. The second-order valence-corrected chi connectivity index (χ2v) is 5.12. The summed E-state index contributed by atoms with van der Waals surface area (Å²) in [5.74, 6) is 0. The number of rotatable bonds is 5. The first-order chi connectivity index (χ1) is 9.84. The van der Waals surface area contributed by atoms with E-state index in [-0.39, 0.29) is 5.56 Å². The third-order valence-corrected chi connectivity index (χ3v) is 3.65. The molecule has 0 aliphatic rings. The van der Waals surface area contributed by atoms with E-state index in [1.54, 1.807) is 11.8 Å². The molecule has 0 fully saturated rings. The highest BCUT2D eigenvalue weighted by Gasteiger charge is 2.06. The zero-order chi connectivity index (χ0) is 13.8. The Balaban J connectivity index is 1.60. The van der Waals surface area contributed by atoms with E-state index in [9.17, 15) is 4.79 Å². The number of fused-ring (bicyclic) bond motifs is 1. The van der Waals surface area contributed by atoms with Gasteiger partial charge in [0.05, 0.1) is 31.6 Å². The van der Waals surface area contributed by atoms with Crippen LogP contribution in [0.3, 0.4) is 0 Å². The number of ether oxygens (including phenoxy) is 1. The lowest BCUT2D eigenvalue weighted by Gasteiger charge is -2.06. The van der Waals surface area contributed by atoms with Gasteiger partial charge in [0.2, 0.25) is 0 Å². The van der Waals surface area contributed by atoms with Crippen molar-refractivity contribution in [3.8, 4) is 0 Å². The van der Waals surface area contributed by atoms with Gasteiger partial charge in [0.25, 0.3) is 5.56 Å². The molecular formula is C14H13N3O2S. The van der Waals surface area contributed by atoms with Gasteiger partial charge in [-0.25, -0.2) is 9.97 Å². The zero-order valence-corrected chi connectivity index (χ0v) is 11.5. The van der Waals surface area contributed by atoms with Crippen LogP contribution in [0.1, 0.15) is 5.56 Å². The standard InChI is InChI=1S/C14H13N3O2S/c18-14-12-13(20-10-16-12)15-9-17(14)6-7-19-8-11-4-2-1-3-5-11/h1-5,9-10H,6-8H2. The molecule has 0 radical (unpaired) electrons. The molecule has 0 spiro atoms. The van der Waals surface area contributed by atoms with Gasteiger partial charge in [-0.2, -0.15) is 0 Å². The van der Waals surface area contributed by atoms with E-state index >= 15 is 0 Å². The highest BCUT2D eigenvalue weighted by atomic mass is 32.1. The van der Waals surface area contributed by atoms with Crippen molar-refractivity contribution in [3.63, 3.8) is 0 Å². The Hall–Kier alpha value is -2.05. The molecule has 1 aromatic carbocycles. The van der Waals surface area contributed by atoms with Crippen molar-refractivity contribution >= 4 is 21.7 Å². The van der Waals surface area contributed by atoms with Crippen LogP contribution in [0.25, 0.3) is 10.3 Å². The van der Waals surface area contributed by atoms with Gasteiger partial charge in [0.1, 0.15) is 0 Å². The minimum Gasteiger partial charge on any atom is -0.375 e. The van der Waals surface area contributed by atoms with E-state index in [2.05, 4.69) is 9.97 Å². The number of aromatic nitrogens is 3. The lowest BCUT2D eigenvalue weighted by Crippen LogP contribution is -2.22. The molecule has 102 valence electrons. The van der Waals surface area contributed by atoms with Crippen molar-refractivity contribution in [2.45, 2.75) is 13.2 Å². The van der Waals surface area contributed by atoms with Crippen LogP contribution in [0.2, 0.25) is 0 Å². The maximum absolute atomic E-state index is 12.1. The molecule has 5 nitrogen and oxygen atoms in total. The average molecular weight is 287 g/mol. The molecular weight excluding hydrogens is 274 g/mol. The molecule has 0 aliphatic heterocycles. The largest absolute Gasteiger partial charge is 0.375 e. The van der Waals surface area contributed by atoms with Crippen molar-refractivity contribution in [2.24, 2.45) is 0 Å². The Morgan fingerprint density at radius 2 is 2.05 bits per heavy atom. The SMILES string of the molecule is O=c1c2ncsc2ncn1CCOCc1ccccc1. The van der Waals surface area contributed by atoms with E-state index in [4.69, 9.17) is 4.74 Å². The summed E-state index contributed by atoms with van der Waals surface area (Å²) in [5.41, 5.74) is 3.07. The fourth-order valence-electron chi connectivity index (χ4n) is 1.88. The van der Waals surface area contributed by atoms with E-state index in [0.29, 0.717) is 30.1 Å². The molecule has 0 unspecified atom stereocenters. The van der Waals surface area contributed by atoms with Crippen LogP contribution in [0.4, 0.5) is 0 Å². The highest BCUT2D eigenvalue weighted by Crippen LogP contribution is 2.09. The molecule has 0 saturated heterocycles. The third-order valence-electron chi connectivity index (χ3n) is 2.91. The third kappa shape index (κ3) is 2.76. The summed E-state index contributed by atoms with van der Waals surface area (Å²) >= 11 is 1.37. The number of hydrogen-bond donors (Lipinski definition) is 0. The number of thiazole rings is 1. The van der Waals surface area contributed by atoms with Crippen LogP contribution in [-0.2, 0) is 17.9 Å². The van der Waals surface area contributed by atoms with Crippen LogP contribution < -0.4 is 5.56 Å². The van der Waals surface area contributed by atoms with Gasteiger partial charge in [-0.15, -0.1) is 11.3 Å². The van der Waals surface area contributed by atoms with Gasteiger partial charge >= 0.3 is 0 Å². The summed E-state index contributed by atoms with van der Waals surface area (Å²) in [4.78, 5) is 21.0. The average Bonchev–Trinajstić information content (AvgIpc) is 2.96. The molecule has 2 heterocycles. The molecule has 3 rings (SSSR count). The predicted molar refractivity (Wildman–Crippen MR) is 77.8 cm³/mol. The van der Waals surface area contributed by atoms with Crippen LogP contribution in [0, 0.1) is 0 Å². The molecule has 6 heteroatoms.